The molecule has 1 aromatic carbocycles. The first-order valence-corrected chi connectivity index (χ1v) is 8.29. The van der Waals surface area contributed by atoms with Crippen LogP contribution in [0.15, 0.2) is 46.3 Å². The summed E-state index contributed by atoms with van der Waals surface area (Å²) >= 11 is 0. The Bertz CT molecular complexity index is 821. The summed E-state index contributed by atoms with van der Waals surface area (Å²) in [5.41, 5.74) is 0.641. The lowest BCUT2D eigenvalue weighted by atomic mass is 10.1. The number of nitrogens with zero attached hydrogens (tertiary/aromatic N) is 1. The van der Waals surface area contributed by atoms with Crippen LogP contribution in [0.5, 0.6) is 0 Å². The van der Waals surface area contributed by atoms with Gasteiger partial charge >= 0.3 is 0 Å². The first kappa shape index (κ1) is 16.8. The van der Waals surface area contributed by atoms with Crippen molar-refractivity contribution in [1.29, 1.82) is 0 Å². The van der Waals surface area contributed by atoms with Crippen molar-refractivity contribution in [3.63, 3.8) is 0 Å². The predicted octanol–water partition coefficient (Wildman–Crippen LogP) is 2.01. The van der Waals surface area contributed by atoms with E-state index in [1.54, 1.807) is 12.1 Å². The van der Waals surface area contributed by atoms with Crippen LogP contribution in [0.4, 0.5) is 5.69 Å². The Morgan fingerprint density at radius 3 is 2.65 bits per heavy atom. The maximum Gasteiger partial charge on any atom is 0.267 e. The number of rotatable bonds is 6. The Morgan fingerprint density at radius 1 is 1.35 bits per heavy atom. The third-order valence-corrected chi connectivity index (χ3v) is 4.67. The van der Waals surface area contributed by atoms with Gasteiger partial charge in [-0.05, 0) is 26.0 Å². The maximum absolute atomic E-state index is 12.5. The molecule has 1 amide bonds. The van der Waals surface area contributed by atoms with Crippen LogP contribution in [-0.2, 0) is 10.0 Å². The Morgan fingerprint density at radius 2 is 2.04 bits per heavy atom. The van der Waals surface area contributed by atoms with Gasteiger partial charge in [0, 0.05) is 6.54 Å². The second kappa shape index (κ2) is 6.66. The third-order valence-electron chi connectivity index (χ3n) is 3.06. The molecule has 122 valence electrons. The molecule has 23 heavy (non-hydrogen) atoms. The molecular formula is C15H17N3O4S. The Hall–Kier alpha value is -2.61. The SMILES string of the molecule is C=CCNC(=O)c1ccccc1NS(=O)(=O)c1c(C)noc1C. The van der Waals surface area contributed by atoms with E-state index in [2.05, 4.69) is 21.8 Å². The average molecular weight is 335 g/mol. The predicted molar refractivity (Wildman–Crippen MR) is 85.8 cm³/mol. The third kappa shape index (κ3) is 3.59. The molecule has 0 radical (unpaired) electrons. The smallest absolute Gasteiger partial charge is 0.267 e. The molecule has 8 heteroatoms. The van der Waals surface area contributed by atoms with Gasteiger partial charge < -0.3 is 9.84 Å². The monoisotopic (exact) mass is 335 g/mol. The van der Waals surface area contributed by atoms with Crippen LogP contribution in [0, 0.1) is 13.8 Å². The minimum atomic E-state index is -3.91. The van der Waals surface area contributed by atoms with E-state index in [1.165, 1.54) is 32.1 Å². The number of anilines is 1. The number of benzene rings is 1. The highest BCUT2D eigenvalue weighted by atomic mass is 32.2. The van der Waals surface area contributed by atoms with Gasteiger partial charge in [0.15, 0.2) is 10.7 Å². The molecule has 0 spiro atoms. The molecule has 0 aliphatic rings. The van der Waals surface area contributed by atoms with E-state index >= 15 is 0 Å². The number of carbonyl (C=O) groups excluding carboxylic acids is 1. The molecule has 0 aliphatic carbocycles. The summed E-state index contributed by atoms with van der Waals surface area (Å²) in [6.07, 6.45) is 1.54. The highest BCUT2D eigenvalue weighted by Crippen LogP contribution is 2.24. The molecule has 0 fully saturated rings. The van der Waals surface area contributed by atoms with E-state index in [0.29, 0.717) is 0 Å². The molecule has 0 saturated carbocycles. The van der Waals surface area contributed by atoms with Crippen molar-refractivity contribution < 1.29 is 17.7 Å². The van der Waals surface area contributed by atoms with Crippen molar-refractivity contribution in [3.05, 3.63) is 53.9 Å². The molecule has 0 saturated heterocycles. The van der Waals surface area contributed by atoms with Gasteiger partial charge in [0.2, 0.25) is 0 Å². The lowest BCUT2D eigenvalue weighted by Gasteiger charge is -2.12. The summed E-state index contributed by atoms with van der Waals surface area (Å²) in [7, 11) is -3.91. The van der Waals surface area contributed by atoms with Gasteiger partial charge in [-0.15, -0.1) is 6.58 Å². The summed E-state index contributed by atoms with van der Waals surface area (Å²) in [6.45, 7) is 6.85. The molecule has 0 unspecified atom stereocenters. The van der Waals surface area contributed by atoms with Gasteiger partial charge in [0.05, 0.1) is 11.3 Å². The number of carbonyl (C=O) groups is 1. The lowest BCUT2D eigenvalue weighted by molar-refractivity contribution is 0.0959. The van der Waals surface area contributed by atoms with Crippen molar-refractivity contribution in [2.75, 3.05) is 11.3 Å². The summed E-state index contributed by atoms with van der Waals surface area (Å²) in [4.78, 5) is 12.1. The molecule has 0 aliphatic heterocycles. The average Bonchev–Trinajstić information content (AvgIpc) is 2.84. The minimum absolute atomic E-state index is 0.0289. The Labute approximate surface area is 134 Å². The summed E-state index contributed by atoms with van der Waals surface area (Å²) in [5, 5.41) is 6.25. The number of para-hydroxylation sites is 1. The van der Waals surface area contributed by atoms with Crippen LogP contribution in [-0.4, -0.2) is 26.0 Å². The van der Waals surface area contributed by atoms with Crippen molar-refractivity contribution >= 4 is 21.6 Å². The fourth-order valence-corrected chi connectivity index (χ4v) is 3.50. The molecule has 2 aromatic rings. The molecular weight excluding hydrogens is 318 g/mol. The number of nitrogens with one attached hydrogen (secondary N) is 2. The molecule has 1 heterocycles. The second-order valence-electron chi connectivity index (χ2n) is 4.80. The van der Waals surface area contributed by atoms with Crippen LogP contribution >= 0.6 is 0 Å². The van der Waals surface area contributed by atoms with E-state index in [9.17, 15) is 13.2 Å². The second-order valence-corrected chi connectivity index (χ2v) is 6.42. The Balaban J connectivity index is 2.37. The highest BCUT2D eigenvalue weighted by Gasteiger charge is 2.25. The number of amides is 1. The summed E-state index contributed by atoms with van der Waals surface area (Å²) in [5.74, 6) is -0.217. The van der Waals surface area contributed by atoms with Gasteiger partial charge in [0.25, 0.3) is 15.9 Å². The number of hydrogen-bond donors (Lipinski definition) is 2. The van der Waals surface area contributed by atoms with E-state index in [0.717, 1.165) is 0 Å². The maximum atomic E-state index is 12.5. The molecule has 2 N–H and O–H groups in total. The van der Waals surface area contributed by atoms with Gasteiger partial charge in [-0.2, -0.15) is 0 Å². The van der Waals surface area contributed by atoms with Crippen LogP contribution < -0.4 is 10.0 Å². The van der Waals surface area contributed by atoms with Crippen LogP contribution in [0.25, 0.3) is 0 Å². The first-order valence-electron chi connectivity index (χ1n) is 6.80. The number of aryl methyl sites for hydroxylation is 2. The molecule has 1 aromatic heterocycles. The quantitative estimate of drug-likeness (QED) is 0.786. The summed E-state index contributed by atoms with van der Waals surface area (Å²) in [6, 6.07) is 6.33. The van der Waals surface area contributed by atoms with Crippen molar-refractivity contribution in [2.45, 2.75) is 18.7 Å². The van der Waals surface area contributed by atoms with Crippen molar-refractivity contribution in [2.24, 2.45) is 0 Å². The minimum Gasteiger partial charge on any atom is -0.360 e. The van der Waals surface area contributed by atoms with Crippen LogP contribution in [0.1, 0.15) is 21.8 Å². The standard InChI is InChI=1S/C15H17N3O4S/c1-4-9-16-15(19)12-7-5-6-8-13(12)18-23(20,21)14-10(2)17-22-11(14)3/h4-8,18H,1,9H2,2-3H3,(H,16,19). The van der Waals surface area contributed by atoms with Gasteiger partial charge in [0.1, 0.15) is 5.69 Å². The van der Waals surface area contributed by atoms with Crippen LogP contribution in [0.3, 0.4) is 0 Å². The molecule has 7 nitrogen and oxygen atoms in total. The van der Waals surface area contributed by atoms with Crippen molar-refractivity contribution in [1.82, 2.24) is 10.5 Å². The number of hydrogen-bond acceptors (Lipinski definition) is 5. The lowest BCUT2D eigenvalue weighted by Crippen LogP contribution is -2.25. The van der Waals surface area contributed by atoms with Gasteiger partial charge in [-0.25, -0.2) is 8.42 Å². The largest absolute Gasteiger partial charge is 0.360 e. The van der Waals surface area contributed by atoms with Gasteiger partial charge in [-0.1, -0.05) is 23.4 Å². The first-order chi connectivity index (χ1) is 10.9. The summed E-state index contributed by atoms with van der Waals surface area (Å²) < 4.78 is 32.4. The van der Waals surface area contributed by atoms with E-state index in [4.69, 9.17) is 4.52 Å². The number of sulfonamides is 1. The normalized spacial score (nSPS) is 11.0. The highest BCUT2D eigenvalue weighted by molar-refractivity contribution is 7.92. The van der Waals surface area contributed by atoms with E-state index < -0.39 is 15.9 Å². The fraction of sp³-hybridized carbons (Fsp3) is 0.200. The number of aromatic nitrogens is 1. The topological polar surface area (TPSA) is 101 Å². The van der Waals surface area contributed by atoms with Gasteiger partial charge in [-0.3, -0.25) is 9.52 Å². The van der Waals surface area contributed by atoms with Crippen LogP contribution in [0.2, 0.25) is 0 Å². The van der Waals surface area contributed by atoms with Crippen molar-refractivity contribution in [3.8, 4) is 0 Å². The Kier molecular flexibility index (Phi) is 4.85. The zero-order valence-electron chi connectivity index (χ0n) is 12.8. The zero-order valence-corrected chi connectivity index (χ0v) is 13.6. The fourth-order valence-electron chi connectivity index (χ4n) is 2.08. The zero-order chi connectivity index (χ0) is 17.0. The molecule has 0 bridgehead atoms. The molecule has 0 atom stereocenters. The van der Waals surface area contributed by atoms with E-state index in [1.807, 2.05) is 0 Å². The van der Waals surface area contributed by atoms with E-state index in [-0.39, 0.29) is 34.1 Å². The molecule has 2 rings (SSSR count).